The van der Waals surface area contributed by atoms with Gasteiger partial charge in [-0.05, 0) is 36.6 Å². The van der Waals surface area contributed by atoms with Gasteiger partial charge >= 0.3 is 5.97 Å². The monoisotopic (exact) mass is 332 g/mol. The number of rotatable bonds is 4. The van der Waals surface area contributed by atoms with Crippen molar-refractivity contribution < 1.29 is 17.9 Å². The van der Waals surface area contributed by atoms with Gasteiger partial charge in [-0.15, -0.1) is 0 Å². The number of sulfone groups is 1. The minimum atomic E-state index is -3.49. The van der Waals surface area contributed by atoms with Crippen molar-refractivity contribution in [2.24, 2.45) is 0 Å². The molecular formula is C18H20O4S. The summed E-state index contributed by atoms with van der Waals surface area (Å²) in [6.45, 7) is 3.89. The number of carbonyl (C=O) groups is 1. The second kappa shape index (κ2) is 6.54. The van der Waals surface area contributed by atoms with Crippen LogP contribution < -0.4 is 0 Å². The lowest BCUT2D eigenvalue weighted by atomic mass is 9.97. The van der Waals surface area contributed by atoms with Crippen molar-refractivity contribution in [3.05, 3.63) is 53.1 Å². The number of hydrogen-bond donors (Lipinski definition) is 0. The van der Waals surface area contributed by atoms with Crippen molar-refractivity contribution in [1.82, 2.24) is 0 Å². The smallest absolute Gasteiger partial charge is 0.338 e. The van der Waals surface area contributed by atoms with Gasteiger partial charge in [0.15, 0.2) is 9.84 Å². The minimum Gasteiger partial charge on any atom is -0.465 e. The van der Waals surface area contributed by atoms with Crippen molar-refractivity contribution in [2.75, 3.05) is 13.4 Å². The first-order valence-electron chi connectivity index (χ1n) is 7.30. The largest absolute Gasteiger partial charge is 0.465 e. The molecule has 0 fully saturated rings. The molecule has 0 aliphatic heterocycles. The van der Waals surface area contributed by atoms with Crippen molar-refractivity contribution in [3.8, 4) is 11.1 Å². The predicted octanol–water partition coefficient (Wildman–Crippen LogP) is 3.41. The van der Waals surface area contributed by atoms with Gasteiger partial charge in [-0.25, -0.2) is 13.2 Å². The maximum atomic E-state index is 12.2. The summed E-state index contributed by atoms with van der Waals surface area (Å²) in [6.07, 6.45) is 1.75. The Morgan fingerprint density at radius 2 is 1.74 bits per heavy atom. The minimum absolute atomic E-state index is 0.138. The standard InChI is InChI=1S/C18H20O4S/c1-5-13-10-15(14-8-6-12(2)7-9-14)17(23(4,20)21)11-16(13)18(19)22-3/h6-11H,5H2,1-4H3. The lowest BCUT2D eigenvalue weighted by Crippen LogP contribution is -2.09. The van der Waals surface area contributed by atoms with Gasteiger partial charge in [0.05, 0.1) is 17.6 Å². The highest BCUT2D eigenvalue weighted by Gasteiger charge is 2.21. The van der Waals surface area contributed by atoms with E-state index in [0.29, 0.717) is 17.5 Å². The second-order valence-corrected chi connectivity index (χ2v) is 7.47. The summed E-state index contributed by atoms with van der Waals surface area (Å²) in [7, 11) is -2.20. The fraction of sp³-hybridized carbons (Fsp3) is 0.278. The molecular weight excluding hydrogens is 312 g/mol. The highest BCUT2D eigenvalue weighted by atomic mass is 32.2. The molecule has 0 amide bonds. The molecule has 23 heavy (non-hydrogen) atoms. The summed E-state index contributed by atoms with van der Waals surface area (Å²) in [5.41, 5.74) is 3.57. The maximum Gasteiger partial charge on any atom is 0.338 e. The van der Waals surface area contributed by atoms with Crippen LogP contribution in [0.4, 0.5) is 0 Å². The number of benzene rings is 2. The fourth-order valence-corrected chi connectivity index (χ4v) is 3.39. The van der Waals surface area contributed by atoms with Crippen LogP contribution >= 0.6 is 0 Å². The first kappa shape index (κ1) is 17.2. The Morgan fingerprint density at radius 1 is 1.13 bits per heavy atom. The van der Waals surface area contributed by atoms with Gasteiger partial charge in [0.2, 0.25) is 0 Å². The van der Waals surface area contributed by atoms with Crippen LogP contribution in [0.5, 0.6) is 0 Å². The molecule has 0 aliphatic rings. The Balaban J connectivity index is 2.79. The van der Waals surface area contributed by atoms with E-state index in [4.69, 9.17) is 4.74 Å². The molecule has 0 saturated carbocycles. The normalized spacial score (nSPS) is 11.3. The lowest BCUT2D eigenvalue weighted by molar-refractivity contribution is 0.0599. The van der Waals surface area contributed by atoms with Gasteiger partial charge in [-0.1, -0.05) is 36.8 Å². The summed E-state index contributed by atoms with van der Waals surface area (Å²) in [6, 6.07) is 10.8. The molecule has 2 rings (SSSR count). The Kier molecular flexibility index (Phi) is 4.90. The molecule has 0 spiro atoms. The van der Waals surface area contributed by atoms with Gasteiger partial charge in [0, 0.05) is 11.8 Å². The topological polar surface area (TPSA) is 60.4 Å². The van der Waals surface area contributed by atoms with Gasteiger partial charge < -0.3 is 4.74 Å². The molecule has 0 bridgehead atoms. The first-order chi connectivity index (χ1) is 10.8. The van der Waals surface area contributed by atoms with Crippen LogP contribution in [-0.2, 0) is 21.0 Å². The van der Waals surface area contributed by atoms with E-state index in [1.54, 1.807) is 6.07 Å². The van der Waals surface area contributed by atoms with Crippen molar-refractivity contribution in [1.29, 1.82) is 0 Å². The van der Waals surface area contributed by atoms with Gasteiger partial charge in [0.1, 0.15) is 0 Å². The van der Waals surface area contributed by atoms with Crippen LogP contribution in [0.2, 0.25) is 0 Å². The number of hydrogen-bond acceptors (Lipinski definition) is 4. The predicted molar refractivity (Wildman–Crippen MR) is 90.4 cm³/mol. The number of ether oxygens (including phenoxy) is 1. The zero-order chi connectivity index (χ0) is 17.2. The second-order valence-electron chi connectivity index (χ2n) is 5.49. The SMILES string of the molecule is CCc1cc(-c2ccc(C)cc2)c(S(C)(=O)=O)cc1C(=O)OC. The summed E-state index contributed by atoms with van der Waals surface area (Å²) >= 11 is 0. The summed E-state index contributed by atoms with van der Waals surface area (Å²) in [5, 5.41) is 0. The zero-order valence-corrected chi connectivity index (χ0v) is 14.5. The molecule has 2 aromatic carbocycles. The van der Waals surface area contributed by atoms with E-state index in [1.807, 2.05) is 38.1 Å². The zero-order valence-electron chi connectivity index (χ0n) is 13.7. The van der Waals surface area contributed by atoms with E-state index < -0.39 is 15.8 Å². The molecule has 0 aromatic heterocycles. The van der Waals surface area contributed by atoms with E-state index >= 15 is 0 Å². The van der Waals surface area contributed by atoms with Crippen LogP contribution in [-0.4, -0.2) is 27.8 Å². The molecule has 5 heteroatoms. The summed E-state index contributed by atoms with van der Waals surface area (Å²) < 4.78 is 29.2. The Labute approximate surface area is 137 Å². The molecule has 0 atom stereocenters. The average Bonchev–Trinajstić information content (AvgIpc) is 2.52. The quantitative estimate of drug-likeness (QED) is 0.805. The third-order valence-corrected chi connectivity index (χ3v) is 4.89. The molecule has 2 aromatic rings. The highest BCUT2D eigenvalue weighted by Crippen LogP contribution is 2.31. The molecule has 0 radical (unpaired) electrons. The van der Waals surface area contributed by atoms with E-state index in [2.05, 4.69) is 0 Å². The van der Waals surface area contributed by atoms with Crippen molar-refractivity contribution in [2.45, 2.75) is 25.2 Å². The first-order valence-corrected chi connectivity index (χ1v) is 9.19. The molecule has 122 valence electrons. The highest BCUT2D eigenvalue weighted by molar-refractivity contribution is 7.90. The van der Waals surface area contributed by atoms with Gasteiger partial charge in [-0.3, -0.25) is 0 Å². The Bertz CT molecular complexity index is 834. The van der Waals surface area contributed by atoms with Crippen LogP contribution in [0.25, 0.3) is 11.1 Å². The van der Waals surface area contributed by atoms with E-state index in [9.17, 15) is 13.2 Å². The summed E-state index contributed by atoms with van der Waals surface area (Å²) in [4.78, 5) is 12.1. The fourth-order valence-electron chi connectivity index (χ4n) is 2.48. The third kappa shape index (κ3) is 3.62. The van der Waals surface area contributed by atoms with Crippen LogP contribution in [0.1, 0.15) is 28.4 Å². The van der Waals surface area contributed by atoms with Crippen LogP contribution in [0, 0.1) is 6.92 Å². The Morgan fingerprint density at radius 3 is 2.22 bits per heavy atom. The molecule has 0 saturated heterocycles. The lowest BCUT2D eigenvalue weighted by Gasteiger charge is -2.14. The van der Waals surface area contributed by atoms with Crippen molar-refractivity contribution in [3.63, 3.8) is 0 Å². The van der Waals surface area contributed by atoms with Crippen LogP contribution in [0.15, 0.2) is 41.3 Å². The molecule has 0 aliphatic carbocycles. The van der Waals surface area contributed by atoms with E-state index in [-0.39, 0.29) is 4.90 Å². The Hall–Kier alpha value is -2.14. The van der Waals surface area contributed by atoms with E-state index in [0.717, 1.165) is 22.9 Å². The van der Waals surface area contributed by atoms with Crippen molar-refractivity contribution >= 4 is 15.8 Å². The van der Waals surface area contributed by atoms with E-state index in [1.165, 1.54) is 13.2 Å². The third-order valence-electron chi connectivity index (χ3n) is 3.75. The number of esters is 1. The summed E-state index contributed by atoms with van der Waals surface area (Å²) in [5.74, 6) is -0.526. The molecule has 0 heterocycles. The molecule has 0 N–H and O–H groups in total. The average molecular weight is 332 g/mol. The maximum absolute atomic E-state index is 12.2. The van der Waals surface area contributed by atoms with Gasteiger partial charge in [0.25, 0.3) is 0 Å². The van der Waals surface area contributed by atoms with Gasteiger partial charge in [-0.2, -0.15) is 0 Å². The number of methoxy groups -OCH3 is 1. The molecule has 4 nitrogen and oxygen atoms in total. The number of carbonyl (C=O) groups excluding carboxylic acids is 1. The molecule has 0 unspecified atom stereocenters. The number of aryl methyl sites for hydroxylation is 2. The van der Waals surface area contributed by atoms with Crippen LogP contribution in [0.3, 0.4) is 0 Å².